The van der Waals surface area contributed by atoms with Gasteiger partial charge in [0.15, 0.2) is 0 Å². The normalized spacial score (nSPS) is 15.2. The van der Waals surface area contributed by atoms with Gasteiger partial charge in [-0.25, -0.2) is 0 Å². The molecule has 0 aliphatic rings. The van der Waals surface area contributed by atoms with E-state index in [-0.39, 0.29) is 17.5 Å². The van der Waals surface area contributed by atoms with Crippen LogP contribution in [0.4, 0.5) is 0 Å². The van der Waals surface area contributed by atoms with E-state index in [9.17, 15) is 4.79 Å². The van der Waals surface area contributed by atoms with Crippen LogP contribution >= 0.6 is 0 Å². The average molecular weight is 258 g/mol. The Morgan fingerprint density at radius 2 is 1.78 bits per heavy atom. The summed E-state index contributed by atoms with van der Waals surface area (Å²) < 4.78 is 11.3. The first-order valence-electron chi connectivity index (χ1n) is 7.17. The maximum Gasteiger partial charge on any atom is 0.307 e. The van der Waals surface area contributed by atoms with Crippen LogP contribution in [0.15, 0.2) is 0 Å². The number of hydrogen-bond donors (Lipinski definition) is 0. The highest BCUT2D eigenvalue weighted by Gasteiger charge is 2.24. The highest BCUT2D eigenvalue weighted by Crippen LogP contribution is 2.25. The Bertz CT molecular complexity index is 230. The molecule has 0 aromatic heterocycles. The summed E-state index contributed by atoms with van der Waals surface area (Å²) in [5, 5.41) is 0. The minimum atomic E-state index is -0.408. The van der Waals surface area contributed by atoms with E-state index < -0.39 is 6.29 Å². The maximum atomic E-state index is 11.4. The third-order valence-corrected chi connectivity index (χ3v) is 2.74. The molecule has 18 heavy (non-hydrogen) atoms. The number of carbonyl (C=O) groups is 1. The summed E-state index contributed by atoms with van der Waals surface area (Å²) in [6.45, 7) is 12.4. The molecule has 0 spiro atoms. The number of ether oxygens (including phenoxy) is 2. The molecule has 0 aliphatic heterocycles. The Kier molecular flexibility index (Phi) is 8.25. The molecule has 2 atom stereocenters. The zero-order valence-corrected chi connectivity index (χ0v) is 12.9. The van der Waals surface area contributed by atoms with Gasteiger partial charge in [0.2, 0.25) is 6.29 Å². The van der Waals surface area contributed by atoms with Gasteiger partial charge >= 0.3 is 5.97 Å². The molecule has 0 saturated carbocycles. The largest absolute Gasteiger partial charge is 0.436 e. The van der Waals surface area contributed by atoms with Gasteiger partial charge in [0.1, 0.15) is 0 Å². The van der Waals surface area contributed by atoms with Crippen LogP contribution in [0, 0.1) is 5.41 Å². The van der Waals surface area contributed by atoms with Crippen molar-refractivity contribution < 1.29 is 14.3 Å². The number of rotatable bonds is 8. The lowest BCUT2D eigenvalue weighted by molar-refractivity contribution is -0.197. The quantitative estimate of drug-likeness (QED) is 0.481. The van der Waals surface area contributed by atoms with E-state index in [2.05, 4.69) is 34.6 Å². The predicted molar refractivity (Wildman–Crippen MR) is 74.3 cm³/mol. The maximum absolute atomic E-state index is 11.4. The number of esters is 1. The van der Waals surface area contributed by atoms with Gasteiger partial charge in [-0.05, 0) is 18.3 Å². The Morgan fingerprint density at radius 3 is 2.17 bits per heavy atom. The fourth-order valence-electron chi connectivity index (χ4n) is 1.75. The molecule has 3 heteroatoms. The molecule has 0 aliphatic carbocycles. The molecule has 0 fully saturated rings. The van der Waals surface area contributed by atoms with E-state index in [1.54, 1.807) is 6.92 Å². The fourth-order valence-corrected chi connectivity index (χ4v) is 1.75. The summed E-state index contributed by atoms with van der Waals surface area (Å²) in [7, 11) is 0. The molecule has 0 amide bonds. The lowest BCUT2D eigenvalue weighted by atomic mass is 9.92. The average Bonchev–Trinajstić information content (AvgIpc) is 2.25. The Labute approximate surface area is 112 Å². The number of hydrogen-bond acceptors (Lipinski definition) is 3. The van der Waals surface area contributed by atoms with Gasteiger partial charge < -0.3 is 9.47 Å². The topological polar surface area (TPSA) is 35.5 Å². The van der Waals surface area contributed by atoms with Crippen molar-refractivity contribution in [1.29, 1.82) is 0 Å². The first-order chi connectivity index (χ1) is 8.32. The molecule has 0 saturated heterocycles. The van der Waals surface area contributed by atoms with Gasteiger partial charge in [0.05, 0.1) is 6.10 Å². The molecular weight excluding hydrogens is 228 g/mol. The molecule has 108 valence electrons. The van der Waals surface area contributed by atoms with Gasteiger partial charge in [-0.2, -0.15) is 0 Å². The molecule has 2 unspecified atom stereocenters. The summed E-state index contributed by atoms with van der Waals surface area (Å²) in [5.74, 6) is -0.185. The molecule has 0 heterocycles. The van der Waals surface area contributed by atoms with E-state index >= 15 is 0 Å². The second kappa shape index (κ2) is 8.52. The summed E-state index contributed by atoms with van der Waals surface area (Å²) >= 11 is 0. The summed E-state index contributed by atoms with van der Waals surface area (Å²) in [4.78, 5) is 11.4. The molecule has 0 aromatic rings. The van der Waals surface area contributed by atoms with Crippen LogP contribution in [0.25, 0.3) is 0 Å². The zero-order chi connectivity index (χ0) is 14.2. The first kappa shape index (κ1) is 17.4. The van der Waals surface area contributed by atoms with Crippen molar-refractivity contribution in [3.8, 4) is 0 Å². The Morgan fingerprint density at radius 1 is 1.17 bits per heavy atom. The highest BCUT2D eigenvalue weighted by atomic mass is 16.7. The van der Waals surface area contributed by atoms with Crippen LogP contribution in [0.3, 0.4) is 0 Å². The van der Waals surface area contributed by atoms with Crippen molar-refractivity contribution in [2.45, 2.75) is 86.0 Å². The van der Waals surface area contributed by atoms with E-state index in [0.717, 1.165) is 25.7 Å². The monoisotopic (exact) mass is 258 g/mol. The lowest BCUT2D eigenvalue weighted by Gasteiger charge is -2.29. The van der Waals surface area contributed by atoms with Crippen molar-refractivity contribution in [2.24, 2.45) is 5.41 Å². The first-order valence-corrected chi connectivity index (χ1v) is 7.17. The summed E-state index contributed by atoms with van der Waals surface area (Å²) in [6.07, 6.45) is 3.97. The fraction of sp³-hybridized carbons (Fsp3) is 0.933. The van der Waals surface area contributed by atoms with Crippen LogP contribution in [0.1, 0.15) is 73.6 Å². The van der Waals surface area contributed by atoms with Crippen LogP contribution < -0.4 is 0 Å². The zero-order valence-electron chi connectivity index (χ0n) is 12.9. The molecule has 3 nitrogen and oxygen atoms in total. The van der Waals surface area contributed by atoms with Gasteiger partial charge in [-0.1, -0.05) is 48.0 Å². The SMILES string of the molecule is CCCC(CC)OC(CC(C)(C)C)OC(=O)CC. The third-order valence-electron chi connectivity index (χ3n) is 2.74. The third kappa shape index (κ3) is 8.51. The van der Waals surface area contributed by atoms with E-state index in [1.807, 2.05) is 0 Å². The van der Waals surface area contributed by atoms with Gasteiger partial charge in [0.25, 0.3) is 0 Å². The van der Waals surface area contributed by atoms with Gasteiger partial charge in [-0.15, -0.1) is 0 Å². The van der Waals surface area contributed by atoms with Crippen molar-refractivity contribution in [3.63, 3.8) is 0 Å². The van der Waals surface area contributed by atoms with E-state index in [0.29, 0.717) is 6.42 Å². The van der Waals surface area contributed by atoms with Crippen molar-refractivity contribution in [2.75, 3.05) is 0 Å². The lowest BCUT2D eigenvalue weighted by Crippen LogP contribution is -2.30. The van der Waals surface area contributed by atoms with Crippen LogP contribution in [0.5, 0.6) is 0 Å². The molecule has 0 N–H and O–H groups in total. The van der Waals surface area contributed by atoms with Gasteiger partial charge in [0, 0.05) is 12.8 Å². The number of carbonyl (C=O) groups excluding carboxylic acids is 1. The minimum absolute atomic E-state index is 0.0865. The second-order valence-electron chi connectivity index (χ2n) is 5.99. The Balaban J connectivity index is 4.49. The summed E-state index contributed by atoms with van der Waals surface area (Å²) in [5.41, 5.74) is 0.0865. The smallest absolute Gasteiger partial charge is 0.307 e. The molecular formula is C15H30O3. The molecule has 0 bridgehead atoms. The minimum Gasteiger partial charge on any atom is -0.436 e. The standard InChI is InChI=1S/C15H30O3/c1-7-10-12(8-2)17-14(11-15(4,5)6)18-13(16)9-3/h12,14H,7-11H2,1-6H3. The molecule has 0 aromatic carbocycles. The molecule has 0 radical (unpaired) electrons. The summed E-state index contributed by atoms with van der Waals surface area (Å²) in [6, 6.07) is 0. The molecule has 0 rings (SSSR count). The second-order valence-corrected chi connectivity index (χ2v) is 5.99. The predicted octanol–water partition coefficient (Wildman–Crippen LogP) is 4.30. The van der Waals surface area contributed by atoms with Gasteiger partial charge in [-0.3, -0.25) is 4.79 Å². The van der Waals surface area contributed by atoms with Crippen LogP contribution in [-0.4, -0.2) is 18.4 Å². The van der Waals surface area contributed by atoms with Crippen molar-refractivity contribution >= 4 is 5.97 Å². The highest BCUT2D eigenvalue weighted by molar-refractivity contribution is 5.68. The van der Waals surface area contributed by atoms with Crippen molar-refractivity contribution in [1.82, 2.24) is 0 Å². The van der Waals surface area contributed by atoms with Crippen LogP contribution in [0.2, 0.25) is 0 Å². The van der Waals surface area contributed by atoms with E-state index in [1.165, 1.54) is 0 Å². The Hall–Kier alpha value is -0.570. The van der Waals surface area contributed by atoms with E-state index in [4.69, 9.17) is 9.47 Å². The van der Waals surface area contributed by atoms with Crippen molar-refractivity contribution in [3.05, 3.63) is 0 Å². The van der Waals surface area contributed by atoms with Crippen LogP contribution in [-0.2, 0) is 14.3 Å².